The van der Waals surface area contributed by atoms with Gasteiger partial charge in [-0.1, -0.05) is 36.4 Å². The second-order valence-electron chi connectivity index (χ2n) is 5.46. The van der Waals surface area contributed by atoms with E-state index < -0.39 is 0 Å². The fourth-order valence-electron chi connectivity index (χ4n) is 2.63. The predicted molar refractivity (Wildman–Crippen MR) is 82.6 cm³/mol. The van der Waals surface area contributed by atoms with Crippen molar-refractivity contribution in [2.45, 2.75) is 19.5 Å². The number of benzene rings is 2. The standard InChI is InChI=1S/C17H20N2/c1-13(18(2)3)12-19-16-10-6-4-8-14(16)15-9-5-7-11-17(15)19/h4-11,13H,12H2,1-3H3. The molecule has 3 aromatic rings. The summed E-state index contributed by atoms with van der Waals surface area (Å²) in [6, 6.07) is 17.9. The van der Waals surface area contributed by atoms with E-state index in [-0.39, 0.29) is 0 Å². The Morgan fingerprint density at radius 2 is 1.37 bits per heavy atom. The van der Waals surface area contributed by atoms with E-state index >= 15 is 0 Å². The normalized spacial score (nSPS) is 13.5. The van der Waals surface area contributed by atoms with Crippen molar-refractivity contribution in [2.75, 3.05) is 14.1 Å². The lowest BCUT2D eigenvalue weighted by Gasteiger charge is -2.21. The molecule has 3 rings (SSSR count). The van der Waals surface area contributed by atoms with Crippen LogP contribution in [0.5, 0.6) is 0 Å². The minimum Gasteiger partial charge on any atom is -0.339 e. The zero-order chi connectivity index (χ0) is 13.4. The lowest BCUT2D eigenvalue weighted by Crippen LogP contribution is -2.29. The van der Waals surface area contributed by atoms with Gasteiger partial charge in [0.2, 0.25) is 0 Å². The van der Waals surface area contributed by atoms with Crippen LogP contribution in [0.2, 0.25) is 0 Å². The van der Waals surface area contributed by atoms with Gasteiger partial charge in [-0.3, -0.25) is 0 Å². The van der Waals surface area contributed by atoms with E-state index in [0.717, 1.165) is 6.54 Å². The van der Waals surface area contributed by atoms with E-state index in [1.807, 2.05) is 0 Å². The summed E-state index contributed by atoms with van der Waals surface area (Å²) >= 11 is 0. The molecule has 2 heteroatoms. The molecule has 0 saturated heterocycles. The Balaban J connectivity index is 2.25. The molecule has 0 amide bonds. The molecular weight excluding hydrogens is 232 g/mol. The maximum atomic E-state index is 2.44. The Hall–Kier alpha value is -1.80. The molecule has 0 bridgehead atoms. The second kappa shape index (κ2) is 4.71. The van der Waals surface area contributed by atoms with E-state index in [4.69, 9.17) is 0 Å². The Morgan fingerprint density at radius 1 is 0.895 bits per heavy atom. The summed E-state index contributed by atoms with van der Waals surface area (Å²) in [5, 5.41) is 2.70. The average Bonchev–Trinajstić information content (AvgIpc) is 2.74. The van der Waals surface area contributed by atoms with Crippen LogP contribution in [0.1, 0.15) is 6.92 Å². The summed E-state index contributed by atoms with van der Waals surface area (Å²) in [5.74, 6) is 0. The number of rotatable bonds is 3. The van der Waals surface area contributed by atoms with Gasteiger partial charge in [0.1, 0.15) is 0 Å². The number of likely N-dealkylation sites (N-methyl/N-ethyl adjacent to an activating group) is 1. The summed E-state index contributed by atoms with van der Waals surface area (Å²) in [6.07, 6.45) is 0. The molecule has 19 heavy (non-hydrogen) atoms. The third-order valence-corrected chi connectivity index (χ3v) is 4.01. The first kappa shape index (κ1) is 12.2. The van der Waals surface area contributed by atoms with E-state index in [9.17, 15) is 0 Å². The molecule has 0 fully saturated rings. The van der Waals surface area contributed by atoms with E-state index in [0.29, 0.717) is 6.04 Å². The minimum atomic E-state index is 0.513. The van der Waals surface area contributed by atoms with E-state index in [2.05, 4.69) is 79.0 Å². The van der Waals surface area contributed by atoms with Gasteiger partial charge in [0, 0.05) is 34.4 Å². The molecule has 0 spiro atoms. The smallest absolute Gasteiger partial charge is 0.0491 e. The van der Waals surface area contributed by atoms with Crippen LogP contribution in [0.3, 0.4) is 0 Å². The molecule has 98 valence electrons. The van der Waals surface area contributed by atoms with Gasteiger partial charge in [0.05, 0.1) is 0 Å². The van der Waals surface area contributed by atoms with Gasteiger partial charge in [-0.05, 0) is 33.2 Å². The third kappa shape index (κ3) is 2.02. The van der Waals surface area contributed by atoms with Crippen LogP contribution in [-0.2, 0) is 6.54 Å². The molecule has 0 N–H and O–H groups in total. The van der Waals surface area contributed by atoms with Gasteiger partial charge >= 0.3 is 0 Å². The fraction of sp³-hybridized carbons (Fsp3) is 0.294. The highest BCUT2D eigenvalue weighted by Crippen LogP contribution is 2.28. The number of nitrogens with zero attached hydrogens (tertiary/aromatic N) is 2. The summed E-state index contributed by atoms with van der Waals surface area (Å²) in [5.41, 5.74) is 2.66. The van der Waals surface area contributed by atoms with Gasteiger partial charge in [-0.15, -0.1) is 0 Å². The summed E-state index contributed by atoms with van der Waals surface area (Å²) < 4.78 is 2.44. The molecule has 0 saturated carbocycles. The molecule has 1 unspecified atom stereocenters. The quantitative estimate of drug-likeness (QED) is 0.689. The zero-order valence-electron chi connectivity index (χ0n) is 11.8. The van der Waals surface area contributed by atoms with Crippen LogP contribution >= 0.6 is 0 Å². The molecule has 2 aromatic carbocycles. The van der Waals surface area contributed by atoms with Gasteiger partial charge in [0.15, 0.2) is 0 Å². The Labute approximate surface area is 114 Å². The van der Waals surface area contributed by atoms with Gasteiger partial charge in [-0.2, -0.15) is 0 Å². The molecule has 0 aliphatic rings. The zero-order valence-corrected chi connectivity index (χ0v) is 11.8. The van der Waals surface area contributed by atoms with Crippen LogP contribution in [0.25, 0.3) is 21.8 Å². The molecule has 0 aliphatic carbocycles. The van der Waals surface area contributed by atoms with E-state index in [1.165, 1.54) is 21.8 Å². The molecule has 2 nitrogen and oxygen atoms in total. The number of fused-ring (bicyclic) bond motifs is 3. The maximum absolute atomic E-state index is 2.44. The molecule has 0 aliphatic heterocycles. The topological polar surface area (TPSA) is 8.17 Å². The summed E-state index contributed by atoms with van der Waals surface area (Å²) in [6.45, 7) is 3.28. The molecule has 0 radical (unpaired) electrons. The van der Waals surface area contributed by atoms with Crippen LogP contribution in [0.4, 0.5) is 0 Å². The van der Waals surface area contributed by atoms with Crippen LogP contribution < -0.4 is 0 Å². The molecule has 1 atom stereocenters. The van der Waals surface area contributed by atoms with Gasteiger partial charge in [0.25, 0.3) is 0 Å². The minimum absolute atomic E-state index is 0.513. The predicted octanol–water partition coefficient (Wildman–Crippen LogP) is 3.74. The highest BCUT2D eigenvalue weighted by Gasteiger charge is 2.12. The van der Waals surface area contributed by atoms with Crippen LogP contribution in [-0.4, -0.2) is 29.6 Å². The van der Waals surface area contributed by atoms with Crippen molar-refractivity contribution in [2.24, 2.45) is 0 Å². The van der Waals surface area contributed by atoms with Crippen LogP contribution in [0, 0.1) is 0 Å². The molecule has 1 heterocycles. The lowest BCUT2D eigenvalue weighted by atomic mass is 10.2. The molecular formula is C17H20N2. The van der Waals surface area contributed by atoms with Gasteiger partial charge < -0.3 is 9.47 Å². The largest absolute Gasteiger partial charge is 0.339 e. The first-order chi connectivity index (χ1) is 9.18. The van der Waals surface area contributed by atoms with Crippen molar-refractivity contribution in [3.8, 4) is 0 Å². The Kier molecular flexibility index (Phi) is 3.03. The highest BCUT2D eigenvalue weighted by molar-refractivity contribution is 6.07. The summed E-state index contributed by atoms with van der Waals surface area (Å²) in [7, 11) is 4.27. The number of para-hydroxylation sites is 2. The Bertz CT molecular complexity index is 656. The SMILES string of the molecule is CC(Cn1c2ccccc2c2ccccc21)N(C)C. The molecule has 1 aromatic heterocycles. The van der Waals surface area contributed by atoms with Crippen molar-refractivity contribution in [3.63, 3.8) is 0 Å². The lowest BCUT2D eigenvalue weighted by molar-refractivity contribution is 0.288. The number of hydrogen-bond acceptors (Lipinski definition) is 1. The van der Waals surface area contributed by atoms with Crippen molar-refractivity contribution < 1.29 is 0 Å². The average molecular weight is 252 g/mol. The third-order valence-electron chi connectivity index (χ3n) is 4.01. The van der Waals surface area contributed by atoms with Crippen molar-refractivity contribution in [1.82, 2.24) is 9.47 Å². The van der Waals surface area contributed by atoms with E-state index in [1.54, 1.807) is 0 Å². The van der Waals surface area contributed by atoms with Crippen molar-refractivity contribution >= 4 is 21.8 Å². The maximum Gasteiger partial charge on any atom is 0.0491 e. The van der Waals surface area contributed by atoms with Gasteiger partial charge in [-0.25, -0.2) is 0 Å². The monoisotopic (exact) mass is 252 g/mol. The highest BCUT2D eigenvalue weighted by atomic mass is 15.1. The first-order valence-electron chi connectivity index (χ1n) is 6.81. The van der Waals surface area contributed by atoms with Crippen molar-refractivity contribution in [1.29, 1.82) is 0 Å². The van der Waals surface area contributed by atoms with Crippen molar-refractivity contribution in [3.05, 3.63) is 48.5 Å². The fourth-order valence-corrected chi connectivity index (χ4v) is 2.63. The first-order valence-corrected chi connectivity index (χ1v) is 6.81. The number of hydrogen-bond donors (Lipinski definition) is 0. The van der Waals surface area contributed by atoms with Crippen LogP contribution in [0.15, 0.2) is 48.5 Å². The second-order valence-corrected chi connectivity index (χ2v) is 5.46. The Morgan fingerprint density at radius 3 is 1.84 bits per heavy atom. The summed E-state index contributed by atoms with van der Waals surface area (Å²) in [4.78, 5) is 2.27. The number of aromatic nitrogens is 1.